The predicted molar refractivity (Wildman–Crippen MR) is 185 cm³/mol. The summed E-state index contributed by atoms with van der Waals surface area (Å²) in [5.74, 6) is 0.0366. The van der Waals surface area contributed by atoms with Gasteiger partial charge in [0.05, 0.1) is 60.7 Å². The third kappa shape index (κ3) is 6.61. The lowest BCUT2D eigenvalue weighted by Gasteiger charge is -2.32. The van der Waals surface area contributed by atoms with Crippen LogP contribution >= 0.6 is 0 Å². The summed E-state index contributed by atoms with van der Waals surface area (Å²) in [6, 6.07) is 7.06. The lowest BCUT2D eigenvalue weighted by atomic mass is 10.1. The van der Waals surface area contributed by atoms with Gasteiger partial charge in [0.25, 0.3) is 5.91 Å². The standard InChI is InChI=1S/C35H39N9O7/c1-35(2,3)51-34(47)42-13-14-50-29-17-27(28(48-4)16-26(29)42)44-25-15-24(22-19-39-43-10-6-8-36-31(22)43)38-18-23(25)30(40-44)32(45)37-9-12-41-11-7-21(20-41)33(46)49-5/h6,8,10,15-19,21H,7,9,11-14,20H2,1-5H3,(H,37,45)/t21-/m1/s1. The van der Waals surface area contributed by atoms with E-state index >= 15 is 0 Å². The van der Waals surface area contributed by atoms with Gasteiger partial charge in [-0.25, -0.2) is 19.0 Å². The summed E-state index contributed by atoms with van der Waals surface area (Å²) in [5.41, 5.74) is 2.89. The van der Waals surface area contributed by atoms with Crippen LogP contribution in [0.25, 0.3) is 33.5 Å². The van der Waals surface area contributed by atoms with Crippen LogP contribution in [0.15, 0.2) is 49.1 Å². The number of nitrogens with zero attached hydrogens (tertiary/aromatic N) is 8. The molecule has 1 fully saturated rings. The highest BCUT2D eigenvalue weighted by Gasteiger charge is 2.32. The number of carbonyl (C=O) groups is 3. The van der Waals surface area contributed by atoms with Gasteiger partial charge in [-0.1, -0.05) is 0 Å². The number of rotatable bonds is 8. The average Bonchev–Trinajstić information content (AvgIpc) is 3.87. The smallest absolute Gasteiger partial charge is 0.415 e. The van der Waals surface area contributed by atoms with Gasteiger partial charge in [-0.3, -0.25) is 19.5 Å². The Labute approximate surface area is 293 Å². The fourth-order valence-corrected chi connectivity index (χ4v) is 6.39. The number of esters is 1. The number of fused-ring (bicyclic) bond motifs is 3. The minimum absolute atomic E-state index is 0.159. The molecular weight excluding hydrogens is 658 g/mol. The first-order chi connectivity index (χ1) is 24.5. The molecule has 266 valence electrons. The Morgan fingerprint density at radius 3 is 2.69 bits per heavy atom. The lowest BCUT2D eigenvalue weighted by molar-refractivity contribution is -0.144. The van der Waals surface area contributed by atoms with E-state index in [0.29, 0.717) is 83.3 Å². The Kier molecular flexibility index (Phi) is 8.93. The van der Waals surface area contributed by atoms with Crippen LogP contribution in [0.5, 0.6) is 11.5 Å². The normalized spacial score (nSPS) is 16.2. The fourth-order valence-electron chi connectivity index (χ4n) is 6.39. The summed E-state index contributed by atoms with van der Waals surface area (Å²) in [6.07, 6.45) is 7.00. The van der Waals surface area contributed by atoms with Crippen LogP contribution in [0.1, 0.15) is 37.7 Å². The third-order valence-corrected chi connectivity index (χ3v) is 8.82. The Morgan fingerprint density at radius 1 is 1.06 bits per heavy atom. The second-order valence-electron chi connectivity index (χ2n) is 13.3. The van der Waals surface area contributed by atoms with E-state index in [1.54, 1.807) is 52.2 Å². The van der Waals surface area contributed by atoms with E-state index in [2.05, 4.69) is 20.3 Å². The second-order valence-corrected chi connectivity index (χ2v) is 13.3. The van der Waals surface area contributed by atoms with Crippen molar-refractivity contribution < 1.29 is 33.3 Å². The number of nitrogens with one attached hydrogen (secondary N) is 1. The van der Waals surface area contributed by atoms with Gasteiger partial charge in [0, 0.05) is 50.4 Å². The molecule has 2 amide bonds. The summed E-state index contributed by atoms with van der Waals surface area (Å²) >= 11 is 0. The molecule has 2 aliphatic heterocycles. The number of methoxy groups -OCH3 is 2. The number of hydrogen-bond donors (Lipinski definition) is 1. The molecule has 1 saturated heterocycles. The number of hydrogen-bond acceptors (Lipinski definition) is 12. The quantitative estimate of drug-likeness (QED) is 0.235. The van der Waals surface area contributed by atoms with Crippen molar-refractivity contribution in [3.8, 4) is 28.4 Å². The van der Waals surface area contributed by atoms with Gasteiger partial charge in [0.2, 0.25) is 0 Å². The largest absolute Gasteiger partial charge is 0.494 e. The molecule has 6 heterocycles. The zero-order valence-electron chi connectivity index (χ0n) is 29.1. The van der Waals surface area contributed by atoms with Crippen molar-refractivity contribution in [1.82, 2.24) is 39.6 Å². The topological polar surface area (TPSA) is 168 Å². The molecule has 1 aromatic carbocycles. The highest BCUT2D eigenvalue weighted by Crippen LogP contribution is 2.41. The Hall–Kier alpha value is -5.77. The van der Waals surface area contributed by atoms with E-state index in [1.807, 2.05) is 26.8 Å². The van der Waals surface area contributed by atoms with Crippen LogP contribution in [0.3, 0.4) is 0 Å². The van der Waals surface area contributed by atoms with Crippen LogP contribution in [0, 0.1) is 5.92 Å². The van der Waals surface area contributed by atoms with Crippen molar-refractivity contribution in [1.29, 1.82) is 0 Å². The first-order valence-electron chi connectivity index (χ1n) is 16.7. The van der Waals surface area contributed by atoms with Crippen LogP contribution in [0.4, 0.5) is 10.5 Å². The highest BCUT2D eigenvalue weighted by atomic mass is 16.6. The number of ether oxygens (including phenoxy) is 4. The molecular formula is C35H39N9O7. The maximum Gasteiger partial charge on any atom is 0.415 e. The van der Waals surface area contributed by atoms with Gasteiger partial charge >= 0.3 is 12.1 Å². The van der Waals surface area contributed by atoms with Crippen LogP contribution < -0.4 is 19.7 Å². The molecule has 51 heavy (non-hydrogen) atoms. The number of anilines is 1. The summed E-state index contributed by atoms with van der Waals surface area (Å²) in [6.45, 7) is 8.20. The minimum atomic E-state index is -0.688. The monoisotopic (exact) mass is 697 g/mol. The zero-order chi connectivity index (χ0) is 35.9. The number of aromatic nitrogens is 6. The van der Waals surface area contributed by atoms with Crippen molar-refractivity contribution in [3.63, 3.8) is 0 Å². The van der Waals surface area contributed by atoms with Gasteiger partial charge in [0.1, 0.15) is 29.4 Å². The molecule has 1 atom stereocenters. The number of likely N-dealkylation sites (tertiary alicyclic amines) is 1. The van der Waals surface area contributed by atoms with Crippen LogP contribution in [0.2, 0.25) is 0 Å². The first-order valence-corrected chi connectivity index (χ1v) is 16.7. The molecule has 0 spiro atoms. The minimum Gasteiger partial charge on any atom is -0.494 e. The molecule has 5 aromatic rings. The first kappa shape index (κ1) is 33.7. The summed E-state index contributed by atoms with van der Waals surface area (Å²) < 4.78 is 25.7. The molecule has 0 unspecified atom stereocenters. The van der Waals surface area contributed by atoms with Gasteiger partial charge < -0.3 is 29.2 Å². The van der Waals surface area contributed by atoms with Crippen molar-refractivity contribution >= 4 is 40.2 Å². The van der Waals surface area contributed by atoms with Crippen molar-refractivity contribution in [2.75, 3.05) is 58.5 Å². The molecule has 0 radical (unpaired) electrons. The van der Waals surface area contributed by atoms with Crippen molar-refractivity contribution in [2.24, 2.45) is 5.92 Å². The third-order valence-electron chi connectivity index (χ3n) is 8.82. The van der Waals surface area contributed by atoms with E-state index in [4.69, 9.17) is 29.0 Å². The molecule has 0 saturated carbocycles. The summed E-state index contributed by atoms with van der Waals surface area (Å²) in [7, 11) is 2.92. The van der Waals surface area contributed by atoms with Gasteiger partial charge in [-0.2, -0.15) is 10.2 Å². The van der Waals surface area contributed by atoms with E-state index in [0.717, 1.165) is 6.54 Å². The molecule has 1 N–H and O–H groups in total. The maximum absolute atomic E-state index is 13.8. The van der Waals surface area contributed by atoms with Gasteiger partial charge in [-0.05, 0) is 45.9 Å². The van der Waals surface area contributed by atoms with E-state index in [9.17, 15) is 14.4 Å². The van der Waals surface area contributed by atoms with E-state index in [1.165, 1.54) is 19.1 Å². The maximum atomic E-state index is 13.8. The van der Waals surface area contributed by atoms with Crippen molar-refractivity contribution in [3.05, 3.63) is 54.7 Å². The molecule has 0 bridgehead atoms. The SMILES string of the molecule is COC(=O)[C@@H]1CCN(CCNC(=O)c2nn(-c3cc4c(cc3OC)N(C(=O)OC(C)(C)C)CCO4)c3cc(-c4cnn5cccnc45)ncc23)C1. The molecule has 16 heteroatoms. The molecule has 4 aromatic heterocycles. The Bertz CT molecular complexity index is 2140. The second kappa shape index (κ2) is 13.5. The zero-order valence-corrected chi connectivity index (χ0v) is 29.1. The van der Waals surface area contributed by atoms with Gasteiger partial charge in [-0.15, -0.1) is 0 Å². The predicted octanol–water partition coefficient (Wildman–Crippen LogP) is 3.50. The average molecular weight is 698 g/mol. The fraction of sp³-hybridized carbons (Fsp3) is 0.400. The van der Waals surface area contributed by atoms with Crippen LogP contribution in [-0.2, 0) is 14.3 Å². The lowest BCUT2D eigenvalue weighted by Crippen LogP contribution is -2.41. The molecule has 2 aliphatic rings. The van der Waals surface area contributed by atoms with Crippen molar-refractivity contribution in [2.45, 2.75) is 32.8 Å². The highest BCUT2D eigenvalue weighted by molar-refractivity contribution is 6.06. The Balaban J connectivity index is 1.26. The number of pyridine rings is 1. The summed E-state index contributed by atoms with van der Waals surface area (Å²) in [5, 5.41) is 12.7. The molecule has 7 rings (SSSR count). The molecule has 16 nitrogen and oxygen atoms in total. The number of amides is 2. The number of carbonyl (C=O) groups excluding carboxylic acids is 3. The van der Waals surface area contributed by atoms with E-state index in [-0.39, 0.29) is 30.1 Å². The molecule has 0 aliphatic carbocycles. The van der Waals surface area contributed by atoms with Crippen LogP contribution in [-0.4, -0.2) is 111 Å². The summed E-state index contributed by atoms with van der Waals surface area (Å²) in [4.78, 5) is 51.7. The Morgan fingerprint density at radius 2 is 1.90 bits per heavy atom. The van der Waals surface area contributed by atoms with E-state index < -0.39 is 11.7 Å². The number of benzene rings is 1. The van der Waals surface area contributed by atoms with Gasteiger partial charge in [0.15, 0.2) is 11.3 Å².